The minimum Gasteiger partial charge on any atom is -0.324 e. The number of halogens is 4. The molecule has 0 saturated carbocycles. The zero-order valence-electron chi connectivity index (χ0n) is 14.9. The molecule has 1 N–H and O–H groups in total. The highest BCUT2D eigenvalue weighted by molar-refractivity contribution is 5.97. The lowest BCUT2D eigenvalue weighted by Crippen LogP contribution is -2.43. The van der Waals surface area contributed by atoms with Gasteiger partial charge in [0.25, 0.3) is 5.92 Å². The van der Waals surface area contributed by atoms with Crippen molar-refractivity contribution in [1.82, 2.24) is 4.98 Å². The number of amides is 1. The van der Waals surface area contributed by atoms with E-state index in [1.54, 1.807) is 6.07 Å². The van der Waals surface area contributed by atoms with Crippen molar-refractivity contribution in [3.05, 3.63) is 71.4 Å². The van der Waals surface area contributed by atoms with Crippen molar-refractivity contribution in [2.45, 2.75) is 25.7 Å². The predicted octanol–water partition coefficient (Wildman–Crippen LogP) is 5.20. The van der Waals surface area contributed by atoms with Crippen LogP contribution >= 0.6 is 0 Å². The van der Waals surface area contributed by atoms with Crippen LogP contribution in [0, 0.1) is 17.0 Å². The summed E-state index contributed by atoms with van der Waals surface area (Å²) < 4.78 is 56.5. The third-order valence-corrected chi connectivity index (χ3v) is 5.12. The second kappa shape index (κ2) is 6.29. The molecule has 3 nitrogen and oxygen atoms in total. The molecule has 1 aliphatic carbocycles. The molecule has 3 aromatic rings. The first-order valence-corrected chi connectivity index (χ1v) is 8.70. The first kappa shape index (κ1) is 18.4. The largest absolute Gasteiger partial charge is 0.324 e. The highest BCUT2D eigenvalue weighted by Gasteiger charge is 2.50. The molecular formula is C21H16F4N2O. The number of aromatic nitrogens is 1. The van der Waals surface area contributed by atoms with E-state index in [0.717, 1.165) is 18.2 Å². The molecule has 144 valence electrons. The summed E-state index contributed by atoms with van der Waals surface area (Å²) in [5.41, 5.74) is -1.14. The Balaban J connectivity index is 1.64. The number of carbonyl (C=O) groups is 1. The summed E-state index contributed by atoms with van der Waals surface area (Å²) in [4.78, 5) is 16.8. The van der Waals surface area contributed by atoms with Gasteiger partial charge in [0.2, 0.25) is 5.91 Å². The lowest BCUT2D eigenvalue weighted by atomic mass is 9.70. The molecule has 0 bridgehead atoms. The lowest BCUT2D eigenvalue weighted by Gasteiger charge is -2.38. The number of alkyl halides is 2. The fourth-order valence-electron chi connectivity index (χ4n) is 3.77. The van der Waals surface area contributed by atoms with Gasteiger partial charge >= 0.3 is 0 Å². The fraction of sp³-hybridized carbons (Fsp3) is 0.238. The maximum Gasteiger partial charge on any atom is 0.274 e. The van der Waals surface area contributed by atoms with Gasteiger partial charge in [0, 0.05) is 17.4 Å². The number of hydrogen-bond donors (Lipinski definition) is 1. The van der Waals surface area contributed by atoms with E-state index in [1.807, 2.05) is 0 Å². The SMILES string of the molecule is CC1(C(=O)Nc2cnc3c(F)cccc3c2)Cc2cc(F)ccc2C(F)(F)C1. The Bertz CT molecular complexity index is 1100. The first-order chi connectivity index (χ1) is 13.2. The minimum atomic E-state index is -3.25. The molecular weight excluding hydrogens is 372 g/mol. The molecule has 1 aliphatic rings. The van der Waals surface area contributed by atoms with E-state index in [1.165, 1.54) is 31.3 Å². The average Bonchev–Trinajstić information content (AvgIpc) is 2.60. The number of para-hydroxylation sites is 1. The Labute approximate surface area is 158 Å². The Hall–Kier alpha value is -2.96. The second-order valence-electron chi connectivity index (χ2n) is 7.41. The summed E-state index contributed by atoms with van der Waals surface area (Å²) >= 11 is 0. The molecule has 1 unspecified atom stereocenters. The van der Waals surface area contributed by atoms with Crippen molar-refractivity contribution in [2.24, 2.45) is 5.41 Å². The maximum atomic E-state index is 14.6. The van der Waals surface area contributed by atoms with E-state index >= 15 is 0 Å². The van der Waals surface area contributed by atoms with Gasteiger partial charge in [0.05, 0.1) is 17.3 Å². The van der Waals surface area contributed by atoms with Crippen molar-refractivity contribution < 1.29 is 22.4 Å². The van der Waals surface area contributed by atoms with E-state index in [4.69, 9.17) is 0 Å². The number of hydrogen-bond acceptors (Lipinski definition) is 2. The number of benzene rings is 2. The number of nitrogens with one attached hydrogen (secondary N) is 1. The number of nitrogens with zero attached hydrogens (tertiary/aromatic N) is 1. The van der Waals surface area contributed by atoms with Gasteiger partial charge in [-0.3, -0.25) is 9.78 Å². The molecule has 4 rings (SSSR count). The fourth-order valence-corrected chi connectivity index (χ4v) is 3.77. The van der Waals surface area contributed by atoms with Crippen molar-refractivity contribution in [3.63, 3.8) is 0 Å². The second-order valence-corrected chi connectivity index (χ2v) is 7.41. The molecule has 1 heterocycles. The summed E-state index contributed by atoms with van der Waals surface area (Å²) in [5.74, 6) is -4.99. The van der Waals surface area contributed by atoms with Crippen molar-refractivity contribution >= 4 is 22.5 Å². The van der Waals surface area contributed by atoms with Crippen LogP contribution in [0.3, 0.4) is 0 Å². The van der Waals surface area contributed by atoms with Gasteiger partial charge in [-0.05, 0) is 42.3 Å². The zero-order chi connectivity index (χ0) is 20.1. The summed E-state index contributed by atoms with van der Waals surface area (Å²) in [6, 6.07) is 9.07. The average molecular weight is 388 g/mol. The van der Waals surface area contributed by atoms with Crippen LogP contribution in [-0.4, -0.2) is 10.9 Å². The van der Waals surface area contributed by atoms with Crippen LogP contribution in [0.15, 0.2) is 48.7 Å². The Kier molecular flexibility index (Phi) is 4.14. The van der Waals surface area contributed by atoms with Gasteiger partial charge in [0.15, 0.2) is 0 Å². The van der Waals surface area contributed by atoms with Crippen LogP contribution in [0.4, 0.5) is 23.2 Å². The van der Waals surface area contributed by atoms with Crippen molar-refractivity contribution in [1.29, 1.82) is 0 Å². The number of pyridine rings is 1. The molecule has 28 heavy (non-hydrogen) atoms. The third kappa shape index (κ3) is 3.10. The summed E-state index contributed by atoms with van der Waals surface area (Å²) in [6.07, 6.45) is 0.568. The van der Waals surface area contributed by atoms with Crippen LogP contribution in [0.2, 0.25) is 0 Å². The highest BCUT2D eigenvalue weighted by Crippen LogP contribution is 2.48. The summed E-state index contributed by atoms with van der Waals surface area (Å²) in [6.45, 7) is 1.43. The Morgan fingerprint density at radius 2 is 1.93 bits per heavy atom. The predicted molar refractivity (Wildman–Crippen MR) is 97.1 cm³/mol. The van der Waals surface area contributed by atoms with E-state index in [0.29, 0.717) is 5.39 Å². The van der Waals surface area contributed by atoms with E-state index in [-0.39, 0.29) is 28.8 Å². The number of anilines is 1. The topological polar surface area (TPSA) is 42.0 Å². The molecule has 0 spiro atoms. The number of carbonyl (C=O) groups excluding carboxylic acids is 1. The van der Waals surface area contributed by atoms with E-state index in [9.17, 15) is 22.4 Å². The van der Waals surface area contributed by atoms with Gasteiger partial charge in [-0.25, -0.2) is 17.6 Å². The van der Waals surface area contributed by atoms with Crippen LogP contribution in [-0.2, 0) is 17.1 Å². The van der Waals surface area contributed by atoms with Gasteiger partial charge < -0.3 is 5.32 Å². The molecule has 0 saturated heterocycles. The number of rotatable bonds is 2. The normalized spacial score (nSPS) is 20.6. The van der Waals surface area contributed by atoms with Gasteiger partial charge in [0.1, 0.15) is 17.2 Å². The maximum absolute atomic E-state index is 14.6. The zero-order valence-corrected chi connectivity index (χ0v) is 14.9. The van der Waals surface area contributed by atoms with E-state index in [2.05, 4.69) is 10.3 Å². The van der Waals surface area contributed by atoms with Crippen LogP contribution in [0.1, 0.15) is 24.5 Å². The Morgan fingerprint density at radius 1 is 1.14 bits per heavy atom. The molecule has 1 aromatic heterocycles. The minimum absolute atomic E-state index is 0.0167. The third-order valence-electron chi connectivity index (χ3n) is 5.12. The molecule has 1 amide bonds. The standard InChI is InChI=1S/C21H16F4N2O/c1-20(9-13-7-14(22)5-6-16(13)21(24,25)11-20)19(28)27-15-8-12-3-2-4-17(23)18(12)26-10-15/h2-8,10H,9,11H2,1H3,(H,27,28). The number of fused-ring (bicyclic) bond motifs is 2. The molecule has 7 heteroatoms. The molecule has 1 atom stereocenters. The van der Waals surface area contributed by atoms with Crippen LogP contribution < -0.4 is 5.32 Å². The van der Waals surface area contributed by atoms with Crippen LogP contribution in [0.5, 0.6) is 0 Å². The molecule has 2 aromatic carbocycles. The van der Waals surface area contributed by atoms with Crippen molar-refractivity contribution in [2.75, 3.05) is 5.32 Å². The Morgan fingerprint density at radius 3 is 2.71 bits per heavy atom. The summed E-state index contributed by atoms with van der Waals surface area (Å²) in [5, 5.41) is 3.07. The monoisotopic (exact) mass is 388 g/mol. The quantitative estimate of drug-likeness (QED) is 0.614. The highest BCUT2D eigenvalue weighted by atomic mass is 19.3. The van der Waals surface area contributed by atoms with Gasteiger partial charge in [-0.2, -0.15) is 0 Å². The molecule has 0 fully saturated rings. The van der Waals surface area contributed by atoms with Gasteiger partial charge in [-0.1, -0.05) is 19.1 Å². The van der Waals surface area contributed by atoms with E-state index < -0.39 is 35.3 Å². The molecule has 0 radical (unpaired) electrons. The molecule has 0 aliphatic heterocycles. The smallest absolute Gasteiger partial charge is 0.274 e. The van der Waals surface area contributed by atoms with Crippen molar-refractivity contribution in [3.8, 4) is 0 Å². The van der Waals surface area contributed by atoms with Crippen LogP contribution in [0.25, 0.3) is 10.9 Å². The summed E-state index contributed by atoms with van der Waals surface area (Å²) in [7, 11) is 0. The lowest BCUT2D eigenvalue weighted by molar-refractivity contribution is -0.133. The van der Waals surface area contributed by atoms with Gasteiger partial charge in [-0.15, -0.1) is 0 Å². The first-order valence-electron chi connectivity index (χ1n) is 8.70.